The SMILES string of the molecule is C=C(C)/C(CC)=C(/C)Cc1ccccc1. The Bertz CT molecular complexity index is 355. The van der Waals surface area contributed by atoms with Crippen molar-refractivity contribution in [3.8, 4) is 0 Å². The summed E-state index contributed by atoms with van der Waals surface area (Å²) in [4.78, 5) is 0. The predicted octanol–water partition coefficient (Wildman–Crippen LogP) is 4.53. The molecule has 1 aromatic rings. The molecule has 0 heterocycles. The molecule has 0 N–H and O–H groups in total. The molecule has 0 aromatic heterocycles. The van der Waals surface area contributed by atoms with Crippen molar-refractivity contribution in [3.63, 3.8) is 0 Å². The summed E-state index contributed by atoms with van der Waals surface area (Å²) in [6.07, 6.45) is 2.12. The zero-order chi connectivity index (χ0) is 11.3. The molecule has 1 rings (SSSR count). The third-order valence-electron chi connectivity index (χ3n) is 2.70. The molecule has 0 saturated carbocycles. The van der Waals surface area contributed by atoms with Crippen LogP contribution in [-0.4, -0.2) is 0 Å². The monoisotopic (exact) mass is 200 g/mol. The van der Waals surface area contributed by atoms with Crippen LogP contribution in [0.2, 0.25) is 0 Å². The molecular formula is C15H20. The average molecular weight is 200 g/mol. The van der Waals surface area contributed by atoms with Gasteiger partial charge >= 0.3 is 0 Å². The van der Waals surface area contributed by atoms with Crippen molar-refractivity contribution in [2.45, 2.75) is 33.6 Å². The van der Waals surface area contributed by atoms with E-state index in [9.17, 15) is 0 Å². The normalized spacial score (nSPS) is 12.2. The molecule has 0 amide bonds. The first-order valence-electron chi connectivity index (χ1n) is 5.53. The van der Waals surface area contributed by atoms with E-state index in [2.05, 4.69) is 57.7 Å². The molecule has 0 aliphatic rings. The Balaban J connectivity index is 2.86. The molecule has 15 heavy (non-hydrogen) atoms. The summed E-state index contributed by atoms with van der Waals surface area (Å²) >= 11 is 0. The van der Waals surface area contributed by atoms with Crippen molar-refractivity contribution < 1.29 is 0 Å². The molecule has 0 aliphatic carbocycles. The quantitative estimate of drug-likeness (QED) is 0.626. The lowest BCUT2D eigenvalue weighted by Gasteiger charge is -2.10. The molecule has 0 aliphatic heterocycles. The summed E-state index contributed by atoms with van der Waals surface area (Å²) in [5, 5.41) is 0. The third-order valence-corrected chi connectivity index (χ3v) is 2.70. The van der Waals surface area contributed by atoms with Gasteiger partial charge in [-0.05, 0) is 37.8 Å². The molecule has 80 valence electrons. The second-order valence-corrected chi connectivity index (χ2v) is 4.06. The minimum Gasteiger partial charge on any atom is -0.0958 e. The first-order chi connectivity index (χ1) is 7.15. The van der Waals surface area contributed by atoms with E-state index in [0.717, 1.165) is 12.8 Å². The lowest BCUT2D eigenvalue weighted by molar-refractivity contribution is 1.01. The molecule has 0 spiro atoms. The van der Waals surface area contributed by atoms with Gasteiger partial charge in [0.1, 0.15) is 0 Å². The average Bonchev–Trinajstić information content (AvgIpc) is 2.19. The third kappa shape index (κ3) is 3.39. The molecule has 0 unspecified atom stereocenters. The van der Waals surface area contributed by atoms with Gasteiger partial charge in [0, 0.05) is 0 Å². The fourth-order valence-electron chi connectivity index (χ4n) is 1.98. The Hall–Kier alpha value is -1.30. The summed E-state index contributed by atoms with van der Waals surface area (Å²) < 4.78 is 0. The summed E-state index contributed by atoms with van der Waals surface area (Å²) in [6.45, 7) is 10.5. The Morgan fingerprint density at radius 2 is 1.73 bits per heavy atom. The van der Waals surface area contributed by atoms with Gasteiger partial charge in [-0.25, -0.2) is 0 Å². The van der Waals surface area contributed by atoms with Gasteiger partial charge in [-0.3, -0.25) is 0 Å². The molecule has 0 atom stereocenters. The predicted molar refractivity (Wildman–Crippen MR) is 68.0 cm³/mol. The van der Waals surface area contributed by atoms with E-state index >= 15 is 0 Å². The molecule has 1 aromatic carbocycles. The fourth-order valence-corrected chi connectivity index (χ4v) is 1.98. The highest BCUT2D eigenvalue weighted by atomic mass is 14.1. The second-order valence-electron chi connectivity index (χ2n) is 4.06. The minimum atomic E-state index is 1.04. The van der Waals surface area contributed by atoms with E-state index in [0.29, 0.717) is 0 Å². The maximum Gasteiger partial charge on any atom is -0.00640 e. The van der Waals surface area contributed by atoms with Crippen LogP contribution in [0.4, 0.5) is 0 Å². The topological polar surface area (TPSA) is 0 Å². The Labute approximate surface area is 93.3 Å². The Morgan fingerprint density at radius 1 is 1.13 bits per heavy atom. The summed E-state index contributed by atoms with van der Waals surface area (Å²) in [6, 6.07) is 10.6. The van der Waals surface area contributed by atoms with Crippen LogP contribution in [0.1, 0.15) is 32.8 Å². The smallest absolute Gasteiger partial charge is 0.00640 e. The highest BCUT2D eigenvalue weighted by Crippen LogP contribution is 2.19. The lowest BCUT2D eigenvalue weighted by atomic mass is 9.96. The van der Waals surface area contributed by atoms with Gasteiger partial charge in [0.2, 0.25) is 0 Å². The van der Waals surface area contributed by atoms with Crippen molar-refractivity contribution in [1.29, 1.82) is 0 Å². The van der Waals surface area contributed by atoms with E-state index in [1.54, 1.807) is 0 Å². The number of allylic oxidation sites excluding steroid dienone is 3. The highest BCUT2D eigenvalue weighted by Gasteiger charge is 2.02. The van der Waals surface area contributed by atoms with E-state index in [-0.39, 0.29) is 0 Å². The molecule has 0 heteroatoms. The van der Waals surface area contributed by atoms with E-state index in [4.69, 9.17) is 0 Å². The maximum atomic E-state index is 4.03. The van der Waals surface area contributed by atoms with Crippen molar-refractivity contribution >= 4 is 0 Å². The standard InChI is InChI=1S/C15H20/c1-5-15(12(2)3)13(4)11-14-9-7-6-8-10-14/h6-10H,2,5,11H2,1,3-4H3/b15-13-. The Kier molecular flexibility index (Phi) is 4.36. The van der Waals surface area contributed by atoms with Crippen LogP contribution in [0.15, 0.2) is 53.6 Å². The van der Waals surface area contributed by atoms with Gasteiger partial charge in [0.15, 0.2) is 0 Å². The van der Waals surface area contributed by atoms with Crippen molar-refractivity contribution in [3.05, 3.63) is 59.2 Å². The summed E-state index contributed by atoms with van der Waals surface area (Å²) in [7, 11) is 0. The maximum absolute atomic E-state index is 4.03. The fraction of sp³-hybridized carbons (Fsp3) is 0.333. The summed E-state index contributed by atoms with van der Waals surface area (Å²) in [5.74, 6) is 0. The van der Waals surface area contributed by atoms with E-state index in [1.807, 2.05) is 0 Å². The number of benzene rings is 1. The van der Waals surface area contributed by atoms with Gasteiger partial charge in [-0.1, -0.05) is 55.0 Å². The van der Waals surface area contributed by atoms with Crippen LogP contribution in [0, 0.1) is 0 Å². The van der Waals surface area contributed by atoms with Gasteiger partial charge in [0.05, 0.1) is 0 Å². The van der Waals surface area contributed by atoms with Crippen molar-refractivity contribution in [2.75, 3.05) is 0 Å². The highest BCUT2D eigenvalue weighted by molar-refractivity contribution is 5.33. The number of rotatable bonds is 4. The van der Waals surface area contributed by atoms with Crippen LogP contribution in [0.3, 0.4) is 0 Å². The molecule has 0 fully saturated rings. The summed E-state index contributed by atoms with van der Waals surface area (Å²) in [5.41, 5.74) is 5.43. The van der Waals surface area contributed by atoms with Crippen LogP contribution in [0.25, 0.3) is 0 Å². The molecule has 0 bridgehead atoms. The zero-order valence-corrected chi connectivity index (χ0v) is 10.0. The van der Waals surface area contributed by atoms with Gasteiger partial charge in [-0.2, -0.15) is 0 Å². The molecule has 0 radical (unpaired) electrons. The molecular weight excluding hydrogens is 180 g/mol. The van der Waals surface area contributed by atoms with E-state index in [1.165, 1.54) is 22.3 Å². The minimum absolute atomic E-state index is 1.04. The lowest BCUT2D eigenvalue weighted by Crippen LogP contribution is -1.93. The van der Waals surface area contributed by atoms with Gasteiger partial charge in [0.25, 0.3) is 0 Å². The van der Waals surface area contributed by atoms with Gasteiger partial charge in [-0.15, -0.1) is 0 Å². The molecule has 0 nitrogen and oxygen atoms in total. The number of hydrogen-bond donors (Lipinski definition) is 0. The van der Waals surface area contributed by atoms with Crippen LogP contribution < -0.4 is 0 Å². The van der Waals surface area contributed by atoms with E-state index < -0.39 is 0 Å². The largest absolute Gasteiger partial charge is 0.0958 e. The van der Waals surface area contributed by atoms with Gasteiger partial charge < -0.3 is 0 Å². The van der Waals surface area contributed by atoms with Crippen LogP contribution >= 0.6 is 0 Å². The van der Waals surface area contributed by atoms with Crippen LogP contribution in [-0.2, 0) is 6.42 Å². The Morgan fingerprint density at radius 3 is 2.20 bits per heavy atom. The second kappa shape index (κ2) is 5.55. The zero-order valence-electron chi connectivity index (χ0n) is 10.0. The van der Waals surface area contributed by atoms with Crippen molar-refractivity contribution in [1.82, 2.24) is 0 Å². The molecule has 0 saturated heterocycles. The number of hydrogen-bond acceptors (Lipinski definition) is 0. The first kappa shape index (κ1) is 11.8. The van der Waals surface area contributed by atoms with Crippen molar-refractivity contribution in [2.24, 2.45) is 0 Å². The van der Waals surface area contributed by atoms with Crippen LogP contribution in [0.5, 0.6) is 0 Å². The first-order valence-corrected chi connectivity index (χ1v) is 5.53.